The molecular formula is C12H14O3S. The molecule has 1 rings (SSSR count). The molecule has 0 aromatic heterocycles. The predicted molar refractivity (Wildman–Crippen MR) is 64.9 cm³/mol. The summed E-state index contributed by atoms with van der Waals surface area (Å²) >= 11 is 1.14. The van der Waals surface area contributed by atoms with Gasteiger partial charge in [-0.2, -0.15) is 0 Å². The van der Waals surface area contributed by atoms with Crippen LogP contribution in [0.25, 0.3) is 0 Å². The Morgan fingerprint density at radius 2 is 1.81 bits per heavy atom. The van der Waals surface area contributed by atoms with Gasteiger partial charge in [-0.15, -0.1) is 11.8 Å². The van der Waals surface area contributed by atoms with Gasteiger partial charge < -0.3 is 5.11 Å². The summed E-state index contributed by atoms with van der Waals surface area (Å²) in [5.74, 6) is -0.762. The molecular weight excluding hydrogens is 224 g/mol. The fourth-order valence-electron chi connectivity index (χ4n) is 1.02. The molecule has 3 nitrogen and oxygen atoms in total. The normalized spacial score (nSPS) is 11.1. The summed E-state index contributed by atoms with van der Waals surface area (Å²) < 4.78 is -0.926. The van der Waals surface area contributed by atoms with E-state index in [-0.39, 0.29) is 11.5 Å². The summed E-state index contributed by atoms with van der Waals surface area (Å²) in [5, 5.41) is 8.89. The highest BCUT2D eigenvalue weighted by Gasteiger charge is 2.28. The summed E-state index contributed by atoms with van der Waals surface area (Å²) in [5.41, 5.74) is 0.621. The van der Waals surface area contributed by atoms with Gasteiger partial charge in [0.1, 0.15) is 4.75 Å². The highest BCUT2D eigenvalue weighted by atomic mass is 32.2. The number of rotatable bonds is 5. The Morgan fingerprint density at radius 1 is 1.25 bits per heavy atom. The van der Waals surface area contributed by atoms with Crippen molar-refractivity contribution in [1.82, 2.24) is 0 Å². The third-order valence-electron chi connectivity index (χ3n) is 2.17. The lowest BCUT2D eigenvalue weighted by Gasteiger charge is -2.17. The number of carboxylic acids is 1. The van der Waals surface area contributed by atoms with Crippen molar-refractivity contribution < 1.29 is 14.7 Å². The van der Waals surface area contributed by atoms with Crippen LogP contribution < -0.4 is 0 Å². The lowest BCUT2D eigenvalue weighted by molar-refractivity contribution is -0.138. The van der Waals surface area contributed by atoms with E-state index in [0.29, 0.717) is 5.56 Å². The number of ketones is 1. The first-order valence-corrected chi connectivity index (χ1v) is 5.87. The van der Waals surface area contributed by atoms with E-state index in [1.807, 2.05) is 6.07 Å². The maximum absolute atomic E-state index is 11.7. The second-order valence-corrected chi connectivity index (χ2v) is 5.49. The van der Waals surface area contributed by atoms with Crippen molar-refractivity contribution in [2.75, 3.05) is 5.75 Å². The van der Waals surface area contributed by atoms with E-state index in [0.717, 1.165) is 11.8 Å². The summed E-state index contributed by atoms with van der Waals surface area (Å²) in [6.45, 7) is 3.19. The number of aliphatic carboxylic acids is 1. The summed E-state index contributed by atoms with van der Waals surface area (Å²) in [6, 6.07) is 8.89. The molecule has 0 aliphatic carbocycles. The number of carbonyl (C=O) groups excluding carboxylic acids is 1. The number of carbonyl (C=O) groups is 2. The quantitative estimate of drug-likeness (QED) is 0.801. The van der Waals surface area contributed by atoms with Crippen LogP contribution in [0.1, 0.15) is 24.2 Å². The van der Waals surface area contributed by atoms with E-state index in [1.54, 1.807) is 38.1 Å². The molecule has 0 saturated carbocycles. The van der Waals surface area contributed by atoms with Crippen LogP contribution in [0.15, 0.2) is 30.3 Å². The summed E-state index contributed by atoms with van der Waals surface area (Å²) in [6.07, 6.45) is 0. The molecule has 0 aliphatic heterocycles. The van der Waals surface area contributed by atoms with Crippen LogP contribution in [-0.4, -0.2) is 27.4 Å². The number of carboxylic acid groups (broad SMARTS) is 1. The summed E-state index contributed by atoms with van der Waals surface area (Å²) in [4.78, 5) is 22.5. The first-order valence-electron chi connectivity index (χ1n) is 4.89. The Kier molecular flexibility index (Phi) is 4.12. The second kappa shape index (κ2) is 5.16. The van der Waals surface area contributed by atoms with Crippen molar-refractivity contribution in [3.8, 4) is 0 Å². The first-order chi connectivity index (χ1) is 7.43. The lowest BCUT2D eigenvalue weighted by atomic mass is 10.2. The van der Waals surface area contributed by atoms with Crippen molar-refractivity contribution in [3.63, 3.8) is 0 Å². The number of benzene rings is 1. The zero-order valence-electron chi connectivity index (χ0n) is 9.27. The van der Waals surface area contributed by atoms with Crippen molar-refractivity contribution in [3.05, 3.63) is 35.9 Å². The standard InChI is InChI=1S/C12H14O3S/c1-12(2,11(14)15)16-8-10(13)9-6-4-3-5-7-9/h3-7H,8H2,1-2H3,(H,14,15). The van der Waals surface area contributed by atoms with Gasteiger partial charge in [-0.25, -0.2) is 0 Å². The topological polar surface area (TPSA) is 54.4 Å². The molecule has 0 amide bonds. The first kappa shape index (κ1) is 12.8. The molecule has 0 fully saturated rings. The fourth-order valence-corrected chi connectivity index (χ4v) is 1.80. The van der Waals surface area contributed by atoms with Crippen LogP contribution in [0.2, 0.25) is 0 Å². The predicted octanol–water partition coefficient (Wildman–Crippen LogP) is 2.47. The van der Waals surface area contributed by atoms with Gasteiger partial charge in [-0.1, -0.05) is 30.3 Å². The van der Waals surface area contributed by atoms with Crippen LogP contribution in [0.3, 0.4) is 0 Å². The summed E-state index contributed by atoms with van der Waals surface area (Å²) in [7, 11) is 0. The molecule has 0 radical (unpaired) electrons. The zero-order valence-corrected chi connectivity index (χ0v) is 10.1. The molecule has 0 unspecified atom stereocenters. The molecule has 1 N–H and O–H groups in total. The van der Waals surface area contributed by atoms with Gasteiger partial charge >= 0.3 is 5.97 Å². The van der Waals surface area contributed by atoms with E-state index >= 15 is 0 Å². The average molecular weight is 238 g/mol. The molecule has 1 aromatic rings. The highest BCUT2D eigenvalue weighted by Crippen LogP contribution is 2.25. The Balaban J connectivity index is 2.58. The molecule has 0 bridgehead atoms. The lowest BCUT2D eigenvalue weighted by Crippen LogP contribution is -2.28. The Labute approximate surface area is 98.9 Å². The molecule has 0 spiro atoms. The molecule has 0 saturated heterocycles. The average Bonchev–Trinajstić information content (AvgIpc) is 2.27. The van der Waals surface area contributed by atoms with Gasteiger partial charge in [0.25, 0.3) is 0 Å². The van der Waals surface area contributed by atoms with E-state index in [4.69, 9.17) is 5.11 Å². The number of hydrogen-bond acceptors (Lipinski definition) is 3. The van der Waals surface area contributed by atoms with Crippen LogP contribution >= 0.6 is 11.8 Å². The molecule has 86 valence electrons. The van der Waals surface area contributed by atoms with Crippen molar-refractivity contribution in [2.24, 2.45) is 0 Å². The van der Waals surface area contributed by atoms with E-state index in [9.17, 15) is 9.59 Å². The van der Waals surface area contributed by atoms with Crippen LogP contribution in [0, 0.1) is 0 Å². The van der Waals surface area contributed by atoms with Crippen molar-refractivity contribution in [1.29, 1.82) is 0 Å². The van der Waals surface area contributed by atoms with E-state index in [1.165, 1.54) is 0 Å². The molecule has 1 aromatic carbocycles. The maximum Gasteiger partial charge on any atom is 0.319 e. The van der Waals surface area contributed by atoms with Gasteiger partial charge in [-0.05, 0) is 13.8 Å². The fraction of sp³-hybridized carbons (Fsp3) is 0.333. The van der Waals surface area contributed by atoms with E-state index in [2.05, 4.69) is 0 Å². The largest absolute Gasteiger partial charge is 0.480 e. The maximum atomic E-state index is 11.7. The Morgan fingerprint density at radius 3 is 2.31 bits per heavy atom. The smallest absolute Gasteiger partial charge is 0.319 e. The van der Waals surface area contributed by atoms with Gasteiger partial charge in [0.15, 0.2) is 5.78 Å². The number of Topliss-reactive ketones (excluding diaryl/α,β-unsaturated/α-hetero) is 1. The molecule has 0 aliphatic rings. The van der Waals surface area contributed by atoms with Gasteiger partial charge in [0.05, 0.1) is 5.75 Å². The zero-order chi connectivity index (χ0) is 12.2. The number of thioether (sulfide) groups is 1. The van der Waals surface area contributed by atoms with Crippen LogP contribution in [0.4, 0.5) is 0 Å². The minimum absolute atomic E-state index is 0.0417. The van der Waals surface area contributed by atoms with E-state index < -0.39 is 10.7 Å². The van der Waals surface area contributed by atoms with Crippen molar-refractivity contribution in [2.45, 2.75) is 18.6 Å². The minimum Gasteiger partial charge on any atom is -0.480 e. The van der Waals surface area contributed by atoms with Crippen molar-refractivity contribution >= 4 is 23.5 Å². The number of hydrogen-bond donors (Lipinski definition) is 1. The third kappa shape index (κ3) is 3.38. The monoisotopic (exact) mass is 238 g/mol. The molecule has 16 heavy (non-hydrogen) atoms. The third-order valence-corrected chi connectivity index (χ3v) is 3.48. The minimum atomic E-state index is -0.926. The van der Waals surface area contributed by atoms with Gasteiger partial charge in [0, 0.05) is 5.56 Å². The SMILES string of the molecule is CC(C)(SCC(=O)c1ccccc1)C(=O)O. The van der Waals surface area contributed by atoms with Crippen LogP contribution in [0.5, 0.6) is 0 Å². The Bertz CT molecular complexity index is 385. The molecule has 4 heteroatoms. The van der Waals surface area contributed by atoms with Gasteiger partial charge in [0.2, 0.25) is 0 Å². The van der Waals surface area contributed by atoms with Crippen LogP contribution in [-0.2, 0) is 4.79 Å². The molecule has 0 atom stereocenters. The highest BCUT2D eigenvalue weighted by molar-refractivity contribution is 8.02. The Hall–Kier alpha value is -1.29. The van der Waals surface area contributed by atoms with Gasteiger partial charge in [-0.3, -0.25) is 9.59 Å². The second-order valence-electron chi connectivity index (χ2n) is 3.89. The molecule has 0 heterocycles.